The minimum Gasteiger partial charge on any atom is -0.588 e. The molecule has 2 aromatic heterocycles. The van der Waals surface area contributed by atoms with Crippen molar-refractivity contribution < 1.29 is 13.8 Å². The molecule has 0 radical (unpaired) electrons. The van der Waals surface area contributed by atoms with Gasteiger partial charge in [-0.25, -0.2) is 0 Å². The number of rotatable bonds is 5. The lowest BCUT2D eigenvalue weighted by atomic mass is 10.1. The molecule has 1 amide bonds. The molecule has 0 spiro atoms. The molecule has 0 bridgehead atoms. The van der Waals surface area contributed by atoms with Crippen LogP contribution < -0.4 is 4.72 Å². The van der Waals surface area contributed by atoms with E-state index in [2.05, 4.69) is 9.71 Å². The van der Waals surface area contributed by atoms with Crippen molar-refractivity contribution in [2.75, 3.05) is 0 Å². The summed E-state index contributed by atoms with van der Waals surface area (Å²) in [6, 6.07) is 28.2. The van der Waals surface area contributed by atoms with Crippen LogP contribution in [-0.2, 0) is 11.4 Å². The van der Waals surface area contributed by atoms with Gasteiger partial charge < -0.3 is 8.97 Å². The summed E-state index contributed by atoms with van der Waals surface area (Å²) in [5.41, 5.74) is 4.28. The topological polar surface area (TPSA) is 78.2 Å². The summed E-state index contributed by atoms with van der Waals surface area (Å²) < 4.78 is 21.4. The Kier molecular flexibility index (Phi) is 5.46. The predicted molar refractivity (Wildman–Crippen MR) is 125 cm³/mol. The van der Waals surface area contributed by atoms with Gasteiger partial charge in [0.1, 0.15) is 16.9 Å². The Balaban J connectivity index is 1.40. The second-order valence-corrected chi connectivity index (χ2v) is 8.34. The fourth-order valence-corrected chi connectivity index (χ4v) is 4.51. The number of fused-ring (bicyclic) bond motifs is 1. The molecule has 5 aromatic rings. The Bertz CT molecular complexity index is 1380. The lowest BCUT2D eigenvalue weighted by molar-refractivity contribution is 0.0956. The summed E-state index contributed by atoms with van der Waals surface area (Å²) in [4.78, 5) is 17.4. The fraction of sp³-hybridized carbons (Fsp3) is 0. The number of carbonyl (C=O) groups is 1. The molecular formula is C26H18N2O3S. The summed E-state index contributed by atoms with van der Waals surface area (Å²) >= 11 is -1.75. The van der Waals surface area contributed by atoms with Crippen molar-refractivity contribution in [3.63, 3.8) is 0 Å². The quantitative estimate of drug-likeness (QED) is 0.362. The zero-order valence-corrected chi connectivity index (χ0v) is 17.7. The van der Waals surface area contributed by atoms with Crippen molar-refractivity contribution in [2.24, 2.45) is 0 Å². The first-order valence-corrected chi connectivity index (χ1v) is 11.2. The minimum atomic E-state index is -1.75. The fourth-order valence-electron chi connectivity index (χ4n) is 3.54. The number of carbonyl (C=O) groups excluding carboxylic acids is 1. The van der Waals surface area contributed by atoms with Gasteiger partial charge in [0.2, 0.25) is 0 Å². The Morgan fingerprint density at radius 2 is 1.56 bits per heavy atom. The van der Waals surface area contributed by atoms with Gasteiger partial charge in [0.05, 0.1) is 0 Å². The van der Waals surface area contributed by atoms with Gasteiger partial charge in [-0.15, -0.1) is 0 Å². The first-order chi connectivity index (χ1) is 15.7. The number of hydrogen-bond donors (Lipinski definition) is 1. The van der Waals surface area contributed by atoms with Crippen LogP contribution >= 0.6 is 0 Å². The molecule has 0 aliphatic heterocycles. The Labute approximate surface area is 188 Å². The molecule has 32 heavy (non-hydrogen) atoms. The second-order valence-electron chi connectivity index (χ2n) is 7.16. The van der Waals surface area contributed by atoms with E-state index in [9.17, 15) is 9.35 Å². The number of nitrogens with zero attached hydrogens (tertiary/aromatic N) is 1. The number of benzene rings is 3. The zero-order valence-electron chi connectivity index (χ0n) is 16.9. The van der Waals surface area contributed by atoms with E-state index >= 15 is 0 Å². The van der Waals surface area contributed by atoms with Crippen LogP contribution in [0.1, 0.15) is 10.6 Å². The van der Waals surface area contributed by atoms with Crippen LogP contribution in [0.2, 0.25) is 0 Å². The number of pyridine rings is 1. The molecule has 1 unspecified atom stereocenters. The molecular weight excluding hydrogens is 420 g/mol. The van der Waals surface area contributed by atoms with E-state index in [1.807, 2.05) is 72.8 Å². The normalized spacial score (nSPS) is 11.9. The van der Waals surface area contributed by atoms with Crippen LogP contribution in [0.3, 0.4) is 0 Å². The van der Waals surface area contributed by atoms with Crippen molar-refractivity contribution in [3.05, 3.63) is 109 Å². The van der Waals surface area contributed by atoms with Crippen LogP contribution in [0.25, 0.3) is 33.2 Å². The van der Waals surface area contributed by atoms with Crippen LogP contribution in [0.4, 0.5) is 0 Å². The molecule has 2 heterocycles. The van der Waals surface area contributed by atoms with Crippen LogP contribution in [0.15, 0.2) is 113 Å². The number of amides is 1. The van der Waals surface area contributed by atoms with Gasteiger partial charge in [-0.1, -0.05) is 54.6 Å². The van der Waals surface area contributed by atoms with Gasteiger partial charge in [0, 0.05) is 23.3 Å². The number of aromatic nitrogens is 1. The molecule has 0 aliphatic rings. The lowest BCUT2D eigenvalue weighted by Gasteiger charge is -2.13. The first-order valence-electron chi connectivity index (χ1n) is 10.0. The molecule has 5 rings (SSSR count). The average molecular weight is 439 g/mol. The maximum Gasteiger partial charge on any atom is 0.328 e. The van der Waals surface area contributed by atoms with Crippen molar-refractivity contribution >= 4 is 28.2 Å². The molecule has 3 aromatic carbocycles. The van der Waals surface area contributed by atoms with E-state index in [-0.39, 0.29) is 5.76 Å². The van der Waals surface area contributed by atoms with Crippen molar-refractivity contribution in [1.82, 2.24) is 9.71 Å². The molecule has 5 nitrogen and oxygen atoms in total. The molecule has 0 fully saturated rings. The van der Waals surface area contributed by atoms with Crippen LogP contribution in [-0.4, -0.2) is 15.4 Å². The first kappa shape index (κ1) is 20.1. The predicted octanol–water partition coefficient (Wildman–Crippen LogP) is 5.61. The maximum atomic E-state index is 13.0. The summed E-state index contributed by atoms with van der Waals surface area (Å²) in [6.45, 7) is 0. The van der Waals surface area contributed by atoms with Crippen molar-refractivity contribution in [1.29, 1.82) is 0 Å². The second kappa shape index (κ2) is 8.70. The van der Waals surface area contributed by atoms with Gasteiger partial charge in [0.15, 0.2) is 10.7 Å². The van der Waals surface area contributed by atoms with E-state index in [1.54, 1.807) is 30.6 Å². The smallest absolute Gasteiger partial charge is 0.328 e. The zero-order chi connectivity index (χ0) is 21.9. The van der Waals surface area contributed by atoms with E-state index < -0.39 is 17.3 Å². The van der Waals surface area contributed by atoms with E-state index in [0.29, 0.717) is 10.5 Å². The van der Waals surface area contributed by atoms with Gasteiger partial charge >= 0.3 is 5.91 Å². The summed E-state index contributed by atoms with van der Waals surface area (Å²) in [5.74, 6) is -0.426. The highest BCUT2D eigenvalue weighted by molar-refractivity contribution is 7.90. The van der Waals surface area contributed by atoms with E-state index in [1.165, 1.54) is 0 Å². The summed E-state index contributed by atoms with van der Waals surface area (Å²) in [7, 11) is 0. The molecule has 6 heteroatoms. The average Bonchev–Trinajstić information content (AvgIpc) is 3.29. The SMILES string of the molecule is O=C(N[S+]([O-])c1ccccc1-c1ccccc1)c1cc2ccc(-c3ccncc3)cc2o1. The number of nitrogens with one attached hydrogen (secondary N) is 1. The van der Waals surface area contributed by atoms with Gasteiger partial charge in [-0.3, -0.25) is 9.78 Å². The largest absolute Gasteiger partial charge is 0.588 e. The minimum absolute atomic E-state index is 0.109. The molecule has 0 saturated heterocycles. The third-order valence-electron chi connectivity index (χ3n) is 5.11. The Morgan fingerprint density at radius 1 is 0.812 bits per heavy atom. The molecule has 0 saturated carbocycles. The molecule has 0 aliphatic carbocycles. The molecule has 156 valence electrons. The molecule has 1 atom stereocenters. The highest BCUT2D eigenvalue weighted by Gasteiger charge is 2.23. The monoisotopic (exact) mass is 438 g/mol. The van der Waals surface area contributed by atoms with E-state index in [4.69, 9.17) is 4.42 Å². The third-order valence-corrected chi connectivity index (χ3v) is 6.24. The van der Waals surface area contributed by atoms with Crippen LogP contribution in [0.5, 0.6) is 0 Å². The lowest BCUT2D eigenvalue weighted by Crippen LogP contribution is -2.30. The highest BCUT2D eigenvalue weighted by Crippen LogP contribution is 2.29. The van der Waals surface area contributed by atoms with Crippen molar-refractivity contribution in [3.8, 4) is 22.3 Å². The van der Waals surface area contributed by atoms with E-state index in [0.717, 1.165) is 27.6 Å². The Morgan fingerprint density at radius 3 is 2.38 bits per heavy atom. The van der Waals surface area contributed by atoms with Gasteiger partial charge in [0.25, 0.3) is 0 Å². The van der Waals surface area contributed by atoms with Crippen LogP contribution in [0, 0.1) is 0 Å². The van der Waals surface area contributed by atoms with Gasteiger partial charge in [-0.2, -0.15) is 4.72 Å². The maximum absolute atomic E-state index is 13.0. The molecule has 1 N–H and O–H groups in total. The number of furan rings is 1. The standard InChI is InChI=1S/C26H18N2O3S/c29-26(28-32(30)25-9-5-4-8-22(25)19-6-2-1-3-7-19)24-17-21-11-10-20(16-23(21)31-24)18-12-14-27-15-13-18/h1-17H,(H,28,29). The third kappa shape index (κ3) is 4.01. The Hall–Kier alpha value is -3.87. The summed E-state index contributed by atoms with van der Waals surface area (Å²) in [5, 5.41) is 0.795. The van der Waals surface area contributed by atoms with Gasteiger partial charge in [-0.05, 0) is 53.1 Å². The van der Waals surface area contributed by atoms with Crippen molar-refractivity contribution in [2.45, 2.75) is 4.90 Å². The highest BCUT2D eigenvalue weighted by atomic mass is 32.2. The number of hydrogen-bond acceptors (Lipinski definition) is 4. The summed E-state index contributed by atoms with van der Waals surface area (Å²) in [6.07, 6.45) is 3.45.